The zero-order chi connectivity index (χ0) is 13.1. The third-order valence-electron chi connectivity index (χ3n) is 3.08. The molecule has 0 aliphatic rings. The first kappa shape index (κ1) is 13.8. The Kier molecular flexibility index (Phi) is 4.59. The fraction of sp³-hybridized carbons (Fsp3) is 0.462. The molecule has 5 heteroatoms. The number of nitrogens with one attached hydrogen (secondary N) is 1. The standard InChI is InChI=1S/C13H18BrN3S/c1-9-13(4-5-15-3)10(2)17(16-9)7-12-6-11(14)8-18-12/h6,8,15H,4-5,7H2,1-3H3. The van der Waals surface area contributed by atoms with Crippen LogP contribution < -0.4 is 5.32 Å². The fourth-order valence-corrected chi connectivity index (χ4v) is 3.52. The van der Waals surface area contributed by atoms with Crippen molar-refractivity contribution in [3.63, 3.8) is 0 Å². The summed E-state index contributed by atoms with van der Waals surface area (Å²) >= 11 is 5.26. The summed E-state index contributed by atoms with van der Waals surface area (Å²) in [5.41, 5.74) is 3.81. The van der Waals surface area contributed by atoms with Gasteiger partial charge in [0.15, 0.2) is 0 Å². The van der Waals surface area contributed by atoms with E-state index in [0.717, 1.165) is 29.7 Å². The van der Waals surface area contributed by atoms with E-state index in [0.29, 0.717) is 0 Å². The van der Waals surface area contributed by atoms with Crippen LogP contribution >= 0.6 is 27.3 Å². The maximum absolute atomic E-state index is 4.65. The number of hydrogen-bond donors (Lipinski definition) is 1. The van der Waals surface area contributed by atoms with Crippen molar-refractivity contribution in [3.8, 4) is 0 Å². The van der Waals surface area contributed by atoms with Crippen molar-refractivity contribution in [3.05, 3.63) is 37.7 Å². The molecule has 0 amide bonds. The second-order valence-corrected chi connectivity index (χ2v) is 6.30. The van der Waals surface area contributed by atoms with Crippen molar-refractivity contribution >= 4 is 27.3 Å². The van der Waals surface area contributed by atoms with Crippen molar-refractivity contribution in [1.82, 2.24) is 15.1 Å². The van der Waals surface area contributed by atoms with Gasteiger partial charge in [-0.25, -0.2) is 0 Å². The molecule has 98 valence electrons. The minimum absolute atomic E-state index is 0.864. The molecule has 0 radical (unpaired) electrons. The molecule has 0 saturated carbocycles. The lowest BCUT2D eigenvalue weighted by atomic mass is 10.1. The maximum Gasteiger partial charge on any atom is 0.0755 e. The summed E-state index contributed by atoms with van der Waals surface area (Å²) in [5.74, 6) is 0. The van der Waals surface area contributed by atoms with E-state index < -0.39 is 0 Å². The average Bonchev–Trinajstić information content (AvgIpc) is 2.84. The van der Waals surface area contributed by atoms with Crippen LogP contribution in [0.5, 0.6) is 0 Å². The number of thiophene rings is 1. The Morgan fingerprint density at radius 1 is 1.44 bits per heavy atom. The molecular formula is C13H18BrN3S. The lowest BCUT2D eigenvalue weighted by Crippen LogP contribution is -2.11. The fourth-order valence-electron chi connectivity index (χ4n) is 2.08. The zero-order valence-corrected chi connectivity index (χ0v) is 13.4. The second kappa shape index (κ2) is 5.99. The highest BCUT2D eigenvalue weighted by Gasteiger charge is 2.11. The molecule has 2 rings (SSSR count). The van der Waals surface area contributed by atoms with E-state index in [4.69, 9.17) is 0 Å². The van der Waals surface area contributed by atoms with E-state index in [1.54, 1.807) is 11.3 Å². The van der Waals surface area contributed by atoms with Crippen molar-refractivity contribution in [1.29, 1.82) is 0 Å². The molecule has 0 aliphatic carbocycles. The van der Waals surface area contributed by atoms with Gasteiger partial charge in [-0.15, -0.1) is 11.3 Å². The Morgan fingerprint density at radius 2 is 2.22 bits per heavy atom. The Morgan fingerprint density at radius 3 is 2.83 bits per heavy atom. The average molecular weight is 328 g/mol. The van der Waals surface area contributed by atoms with Crippen LogP contribution in [0.25, 0.3) is 0 Å². The summed E-state index contributed by atoms with van der Waals surface area (Å²) in [4.78, 5) is 1.33. The SMILES string of the molecule is CNCCc1c(C)nn(Cc2cc(Br)cs2)c1C. The molecule has 2 aromatic heterocycles. The number of halogens is 1. The molecule has 18 heavy (non-hydrogen) atoms. The highest BCUT2D eigenvalue weighted by atomic mass is 79.9. The molecule has 0 spiro atoms. The largest absolute Gasteiger partial charge is 0.319 e. The molecule has 3 nitrogen and oxygen atoms in total. The van der Waals surface area contributed by atoms with Gasteiger partial charge in [-0.2, -0.15) is 5.10 Å². The molecule has 0 saturated heterocycles. The van der Waals surface area contributed by atoms with Gasteiger partial charge in [-0.1, -0.05) is 0 Å². The molecule has 0 aromatic carbocycles. The monoisotopic (exact) mass is 327 g/mol. The molecule has 2 heterocycles. The quantitative estimate of drug-likeness (QED) is 0.914. The van der Waals surface area contributed by atoms with Gasteiger partial charge in [0.25, 0.3) is 0 Å². The van der Waals surface area contributed by atoms with E-state index in [1.165, 1.54) is 16.1 Å². The van der Waals surface area contributed by atoms with Crippen LogP contribution in [0.2, 0.25) is 0 Å². The van der Waals surface area contributed by atoms with Gasteiger partial charge in [0.05, 0.1) is 12.2 Å². The lowest BCUT2D eigenvalue weighted by molar-refractivity contribution is 0.664. The number of nitrogens with zero attached hydrogens (tertiary/aromatic N) is 2. The Bertz CT molecular complexity index is 530. The van der Waals surface area contributed by atoms with Crippen LogP contribution in [0.15, 0.2) is 15.9 Å². The number of aryl methyl sites for hydroxylation is 1. The summed E-state index contributed by atoms with van der Waals surface area (Å²) in [6, 6.07) is 2.16. The summed E-state index contributed by atoms with van der Waals surface area (Å²) in [5, 5.41) is 9.95. The normalized spacial score (nSPS) is 11.1. The molecule has 1 N–H and O–H groups in total. The minimum atomic E-state index is 0.864. The zero-order valence-electron chi connectivity index (χ0n) is 11.0. The van der Waals surface area contributed by atoms with Crippen LogP contribution in [0.4, 0.5) is 0 Å². The van der Waals surface area contributed by atoms with E-state index in [9.17, 15) is 0 Å². The summed E-state index contributed by atoms with van der Waals surface area (Å²) in [7, 11) is 1.98. The van der Waals surface area contributed by atoms with E-state index in [1.807, 2.05) is 7.05 Å². The first-order valence-electron chi connectivity index (χ1n) is 6.02. The van der Waals surface area contributed by atoms with Crippen molar-refractivity contribution < 1.29 is 0 Å². The minimum Gasteiger partial charge on any atom is -0.319 e. The third kappa shape index (κ3) is 3.02. The predicted octanol–water partition coefficient (Wildman–Crippen LogP) is 3.13. The highest BCUT2D eigenvalue weighted by Crippen LogP contribution is 2.22. The third-order valence-corrected chi connectivity index (χ3v) is 4.77. The van der Waals surface area contributed by atoms with Gasteiger partial charge >= 0.3 is 0 Å². The Hall–Kier alpha value is -0.650. The van der Waals surface area contributed by atoms with Gasteiger partial charge in [-0.3, -0.25) is 4.68 Å². The molecule has 0 atom stereocenters. The van der Waals surface area contributed by atoms with Gasteiger partial charge in [-0.05, 0) is 61.4 Å². The van der Waals surface area contributed by atoms with Crippen LogP contribution in [0, 0.1) is 13.8 Å². The van der Waals surface area contributed by atoms with Crippen LogP contribution in [0.3, 0.4) is 0 Å². The van der Waals surface area contributed by atoms with Crippen molar-refractivity contribution in [2.75, 3.05) is 13.6 Å². The molecule has 2 aromatic rings. The summed E-state index contributed by atoms with van der Waals surface area (Å²) in [6.45, 7) is 6.12. The number of rotatable bonds is 5. The van der Waals surface area contributed by atoms with Crippen LogP contribution in [-0.4, -0.2) is 23.4 Å². The Balaban J connectivity index is 2.18. The van der Waals surface area contributed by atoms with Crippen molar-refractivity contribution in [2.24, 2.45) is 0 Å². The topological polar surface area (TPSA) is 29.9 Å². The lowest BCUT2D eigenvalue weighted by Gasteiger charge is -2.04. The highest BCUT2D eigenvalue weighted by molar-refractivity contribution is 9.10. The Labute approximate surface area is 120 Å². The van der Waals surface area contributed by atoms with Gasteiger partial charge in [0.1, 0.15) is 0 Å². The van der Waals surface area contributed by atoms with Crippen LogP contribution in [0.1, 0.15) is 21.8 Å². The van der Waals surface area contributed by atoms with Gasteiger partial charge in [0.2, 0.25) is 0 Å². The van der Waals surface area contributed by atoms with E-state index in [-0.39, 0.29) is 0 Å². The summed E-state index contributed by atoms with van der Waals surface area (Å²) < 4.78 is 3.26. The molecule has 0 unspecified atom stereocenters. The number of likely N-dealkylation sites (N-methyl/N-ethyl adjacent to an activating group) is 1. The first-order valence-corrected chi connectivity index (χ1v) is 7.69. The van der Waals surface area contributed by atoms with Gasteiger partial charge in [0, 0.05) is 20.4 Å². The van der Waals surface area contributed by atoms with E-state index in [2.05, 4.69) is 56.3 Å². The molecular weight excluding hydrogens is 310 g/mol. The summed E-state index contributed by atoms with van der Waals surface area (Å²) in [6.07, 6.45) is 1.04. The predicted molar refractivity (Wildman–Crippen MR) is 80.5 cm³/mol. The van der Waals surface area contributed by atoms with Crippen LogP contribution in [-0.2, 0) is 13.0 Å². The smallest absolute Gasteiger partial charge is 0.0755 e. The molecule has 0 bridgehead atoms. The van der Waals surface area contributed by atoms with Crippen molar-refractivity contribution in [2.45, 2.75) is 26.8 Å². The van der Waals surface area contributed by atoms with Gasteiger partial charge < -0.3 is 5.32 Å². The number of hydrogen-bond acceptors (Lipinski definition) is 3. The maximum atomic E-state index is 4.65. The molecule has 0 aliphatic heterocycles. The second-order valence-electron chi connectivity index (χ2n) is 4.39. The number of aromatic nitrogens is 2. The first-order chi connectivity index (χ1) is 8.61. The van der Waals surface area contributed by atoms with E-state index >= 15 is 0 Å². The molecule has 0 fully saturated rings.